The van der Waals surface area contributed by atoms with E-state index in [9.17, 15) is 14.4 Å². The predicted octanol–water partition coefficient (Wildman–Crippen LogP) is 2.69. The first kappa shape index (κ1) is 18.3. The molecule has 7 heteroatoms. The molecule has 2 atom stereocenters. The SMILES string of the molecule is Cc1cc2c(c(=O)n1C[C@H]1CCCO1)[C@H](c1ccc(F)cc1)C(C#N)=C(N)O2. The van der Waals surface area contributed by atoms with Crippen LogP contribution in [0, 0.1) is 24.1 Å². The molecular formula is C21H20FN3O3. The Kier molecular flexibility index (Phi) is 4.65. The van der Waals surface area contributed by atoms with Crippen molar-refractivity contribution in [1.29, 1.82) is 5.26 Å². The Hall–Kier alpha value is -3.11. The molecule has 0 radical (unpaired) electrons. The average Bonchev–Trinajstić information content (AvgIpc) is 3.18. The van der Waals surface area contributed by atoms with Crippen LogP contribution < -0.4 is 16.0 Å². The van der Waals surface area contributed by atoms with Crippen LogP contribution >= 0.6 is 0 Å². The van der Waals surface area contributed by atoms with Gasteiger partial charge in [-0.15, -0.1) is 0 Å². The van der Waals surface area contributed by atoms with Crippen molar-refractivity contribution < 1.29 is 13.9 Å². The van der Waals surface area contributed by atoms with Crippen LogP contribution in [0.15, 0.2) is 46.6 Å². The van der Waals surface area contributed by atoms with E-state index in [1.54, 1.807) is 22.8 Å². The van der Waals surface area contributed by atoms with Crippen molar-refractivity contribution in [2.75, 3.05) is 6.61 Å². The fourth-order valence-corrected chi connectivity index (χ4v) is 3.89. The molecule has 28 heavy (non-hydrogen) atoms. The third kappa shape index (κ3) is 3.06. The van der Waals surface area contributed by atoms with Crippen LogP contribution in [0.3, 0.4) is 0 Å². The molecule has 0 aliphatic carbocycles. The van der Waals surface area contributed by atoms with Crippen molar-refractivity contribution in [2.45, 2.75) is 38.3 Å². The summed E-state index contributed by atoms with van der Waals surface area (Å²) in [6, 6.07) is 9.53. The van der Waals surface area contributed by atoms with Crippen molar-refractivity contribution >= 4 is 0 Å². The van der Waals surface area contributed by atoms with Gasteiger partial charge < -0.3 is 19.8 Å². The predicted molar refractivity (Wildman–Crippen MR) is 100 cm³/mol. The minimum Gasteiger partial charge on any atom is -0.440 e. The highest BCUT2D eigenvalue weighted by molar-refractivity contribution is 5.55. The molecule has 2 N–H and O–H groups in total. The van der Waals surface area contributed by atoms with Gasteiger partial charge in [0.05, 0.1) is 24.1 Å². The van der Waals surface area contributed by atoms with Gasteiger partial charge in [0.1, 0.15) is 23.2 Å². The molecule has 0 spiro atoms. The van der Waals surface area contributed by atoms with E-state index in [-0.39, 0.29) is 23.1 Å². The third-order valence-electron chi connectivity index (χ3n) is 5.30. The quantitative estimate of drug-likeness (QED) is 0.883. The van der Waals surface area contributed by atoms with Crippen molar-refractivity contribution in [1.82, 2.24) is 4.57 Å². The number of hydrogen-bond acceptors (Lipinski definition) is 5. The smallest absolute Gasteiger partial charge is 0.258 e. The molecule has 1 aromatic carbocycles. The van der Waals surface area contributed by atoms with Gasteiger partial charge in [0, 0.05) is 18.4 Å². The number of aryl methyl sites for hydroxylation is 1. The average molecular weight is 381 g/mol. The van der Waals surface area contributed by atoms with E-state index in [4.69, 9.17) is 15.2 Å². The Labute approximate surface area is 161 Å². The molecule has 2 aliphatic rings. The first-order chi connectivity index (χ1) is 13.5. The van der Waals surface area contributed by atoms with Crippen molar-refractivity contribution in [3.63, 3.8) is 0 Å². The lowest BCUT2D eigenvalue weighted by atomic mass is 9.84. The van der Waals surface area contributed by atoms with E-state index in [0.717, 1.165) is 18.5 Å². The van der Waals surface area contributed by atoms with Crippen LogP contribution in [0.25, 0.3) is 0 Å². The molecule has 1 aromatic heterocycles. The second-order valence-electron chi connectivity index (χ2n) is 7.09. The number of ether oxygens (including phenoxy) is 2. The minimum atomic E-state index is -0.710. The highest BCUT2D eigenvalue weighted by atomic mass is 19.1. The summed E-state index contributed by atoms with van der Waals surface area (Å²) < 4.78 is 26.4. The Morgan fingerprint density at radius 3 is 2.75 bits per heavy atom. The van der Waals surface area contributed by atoms with Gasteiger partial charge in [-0.3, -0.25) is 4.79 Å². The maximum absolute atomic E-state index is 13.4. The molecule has 0 saturated carbocycles. The van der Waals surface area contributed by atoms with Crippen LogP contribution in [0.2, 0.25) is 0 Å². The van der Waals surface area contributed by atoms with Crippen LogP contribution in [0.1, 0.15) is 35.6 Å². The number of hydrogen-bond donors (Lipinski definition) is 1. The summed E-state index contributed by atoms with van der Waals surface area (Å²) in [6.45, 7) is 2.96. The Morgan fingerprint density at radius 2 is 2.11 bits per heavy atom. The number of halogens is 1. The van der Waals surface area contributed by atoms with Gasteiger partial charge in [0.25, 0.3) is 5.56 Å². The van der Waals surface area contributed by atoms with Crippen molar-refractivity contribution in [3.05, 3.63) is 74.8 Å². The molecule has 144 valence electrons. The number of rotatable bonds is 3. The van der Waals surface area contributed by atoms with Gasteiger partial charge in [-0.1, -0.05) is 12.1 Å². The maximum Gasteiger partial charge on any atom is 0.258 e. The number of nitriles is 1. The first-order valence-electron chi connectivity index (χ1n) is 9.18. The zero-order valence-corrected chi connectivity index (χ0v) is 15.4. The highest BCUT2D eigenvalue weighted by Gasteiger charge is 2.34. The fourth-order valence-electron chi connectivity index (χ4n) is 3.89. The lowest BCUT2D eigenvalue weighted by Gasteiger charge is -2.27. The molecule has 1 fully saturated rings. The van der Waals surface area contributed by atoms with Crippen molar-refractivity contribution in [3.8, 4) is 11.8 Å². The van der Waals surface area contributed by atoms with E-state index in [1.807, 2.05) is 6.92 Å². The summed E-state index contributed by atoms with van der Waals surface area (Å²) >= 11 is 0. The monoisotopic (exact) mass is 381 g/mol. The summed E-state index contributed by atoms with van der Waals surface area (Å²) in [4.78, 5) is 13.4. The summed E-state index contributed by atoms with van der Waals surface area (Å²) in [5.74, 6) is -0.818. The summed E-state index contributed by atoms with van der Waals surface area (Å²) in [6.07, 6.45) is 1.86. The van der Waals surface area contributed by atoms with E-state index in [1.165, 1.54) is 12.1 Å². The number of nitrogens with zero attached hydrogens (tertiary/aromatic N) is 2. The Morgan fingerprint density at radius 1 is 1.36 bits per heavy atom. The van der Waals surface area contributed by atoms with Gasteiger partial charge in [-0.25, -0.2) is 4.39 Å². The van der Waals surface area contributed by atoms with Crippen molar-refractivity contribution in [2.24, 2.45) is 5.73 Å². The van der Waals surface area contributed by atoms with Gasteiger partial charge in [-0.05, 0) is 37.5 Å². The topological polar surface area (TPSA) is 90.3 Å². The second-order valence-corrected chi connectivity index (χ2v) is 7.09. The van der Waals surface area contributed by atoms with Crippen LogP contribution in [-0.2, 0) is 11.3 Å². The Balaban J connectivity index is 1.89. The zero-order valence-electron chi connectivity index (χ0n) is 15.4. The van der Waals surface area contributed by atoms with Gasteiger partial charge >= 0.3 is 0 Å². The summed E-state index contributed by atoms with van der Waals surface area (Å²) in [5, 5.41) is 9.65. The number of pyridine rings is 1. The Bertz CT molecular complexity index is 1040. The molecule has 0 amide bonds. The highest BCUT2D eigenvalue weighted by Crippen LogP contribution is 2.40. The molecule has 2 aromatic rings. The van der Waals surface area contributed by atoms with E-state index in [2.05, 4.69) is 6.07 Å². The fraction of sp³-hybridized carbons (Fsp3) is 0.333. The number of nitrogens with two attached hydrogens (primary N) is 1. The number of aromatic nitrogens is 1. The molecule has 4 rings (SSSR count). The van der Waals surface area contributed by atoms with Gasteiger partial charge in [-0.2, -0.15) is 5.26 Å². The number of allylic oxidation sites excluding steroid dienone is 1. The third-order valence-corrected chi connectivity index (χ3v) is 5.30. The molecule has 0 bridgehead atoms. The molecule has 2 aliphatic heterocycles. The van der Waals surface area contributed by atoms with Crippen LogP contribution in [0.5, 0.6) is 5.75 Å². The molecule has 0 unspecified atom stereocenters. The van der Waals surface area contributed by atoms with E-state index < -0.39 is 11.7 Å². The van der Waals surface area contributed by atoms with E-state index >= 15 is 0 Å². The summed E-state index contributed by atoms with van der Waals surface area (Å²) in [5.41, 5.74) is 7.52. The molecule has 6 nitrogen and oxygen atoms in total. The number of benzene rings is 1. The normalized spacial score (nSPS) is 21.2. The lowest BCUT2D eigenvalue weighted by Crippen LogP contribution is -2.35. The zero-order chi connectivity index (χ0) is 19.8. The first-order valence-corrected chi connectivity index (χ1v) is 9.18. The maximum atomic E-state index is 13.4. The number of fused-ring (bicyclic) bond motifs is 1. The standard InChI is InChI=1S/C21H20FN3O3/c1-12-9-17-19(21(26)25(12)11-15-3-2-8-27-15)18(16(10-23)20(24)28-17)13-4-6-14(22)7-5-13/h4-7,9,15,18H,2-3,8,11,24H2,1H3/t15-,18-/m1/s1. The van der Waals surface area contributed by atoms with Gasteiger partial charge in [0.15, 0.2) is 0 Å². The summed E-state index contributed by atoms with van der Waals surface area (Å²) in [7, 11) is 0. The minimum absolute atomic E-state index is 0.0146. The molecule has 3 heterocycles. The van der Waals surface area contributed by atoms with Crippen LogP contribution in [-0.4, -0.2) is 17.3 Å². The van der Waals surface area contributed by atoms with E-state index in [0.29, 0.717) is 30.0 Å². The largest absolute Gasteiger partial charge is 0.440 e. The lowest BCUT2D eigenvalue weighted by molar-refractivity contribution is 0.0955. The molecular weight excluding hydrogens is 361 g/mol. The van der Waals surface area contributed by atoms with Crippen LogP contribution in [0.4, 0.5) is 4.39 Å². The van der Waals surface area contributed by atoms with Gasteiger partial charge in [0.2, 0.25) is 5.88 Å². The molecule has 1 saturated heterocycles. The second kappa shape index (κ2) is 7.13.